The molecular formula is C23H30N2O4S. The Morgan fingerprint density at radius 1 is 1.17 bits per heavy atom. The molecule has 1 heterocycles. The zero-order chi connectivity index (χ0) is 21.9. The van der Waals surface area contributed by atoms with Crippen molar-refractivity contribution in [3.8, 4) is 5.75 Å². The molecule has 1 fully saturated rings. The number of aryl methyl sites for hydroxylation is 2. The Kier molecular flexibility index (Phi) is 6.53. The second-order valence-electron chi connectivity index (χ2n) is 8.36. The highest BCUT2D eigenvalue weighted by molar-refractivity contribution is 7.89. The van der Waals surface area contributed by atoms with E-state index in [1.165, 1.54) is 4.31 Å². The standard InChI is InChI=1S/C23H30N2O4S/c1-17-11-18(2)13-21(12-17)30(27,28)25-10-6-9-23(3,16-25)22(26)24-15-19-7-5-8-20(14-19)29-4/h5,7-8,11-14H,6,9-10,15-16H2,1-4H3,(H,24,26)/t23-/m1/s1. The maximum Gasteiger partial charge on any atom is 0.243 e. The summed E-state index contributed by atoms with van der Waals surface area (Å²) in [5.41, 5.74) is 1.97. The van der Waals surface area contributed by atoms with Crippen molar-refractivity contribution in [2.24, 2.45) is 5.41 Å². The van der Waals surface area contributed by atoms with Gasteiger partial charge >= 0.3 is 0 Å². The Labute approximate surface area is 179 Å². The summed E-state index contributed by atoms with van der Waals surface area (Å²) in [5.74, 6) is 0.599. The van der Waals surface area contributed by atoms with E-state index in [1.807, 2.05) is 51.1 Å². The van der Waals surface area contributed by atoms with Gasteiger partial charge in [0.2, 0.25) is 15.9 Å². The smallest absolute Gasteiger partial charge is 0.243 e. The number of carbonyl (C=O) groups is 1. The van der Waals surface area contributed by atoms with Crippen molar-refractivity contribution in [1.29, 1.82) is 0 Å². The number of methoxy groups -OCH3 is 1. The molecule has 0 unspecified atom stereocenters. The minimum atomic E-state index is -3.65. The molecule has 2 aromatic rings. The van der Waals surface area contributed by atoms with Gasteiger partial charge in [0.05, 0.1) is 17.4 Å². The quantitative estimate of drug-likeness (QED) is 0.762. The monoisotopic (exact) mass is 430 g/mol. The van der Waals surface area contributed by atoms with Gasteiger partial charge in [-0.1, -0.05) is 18.2 Å². The van der Waals surface area contributed by atoms with Gasteiger partial charge in [0, 0.05) is 19.6 Å². The topological polar surface area (TPSA) is 75.7 Å². The van der Waals surface area contributed by atoms with Crippen LogP contribution in [0.1, 0.15) is 36.5 Å². The molecule has 6 nitrogen and oxygen atoms in total. The normalized spacial score (nSPS) is 20.0. The fraction of sp³-hybridized carbons (Fsp3) is 0.435. The number of sulfonamides is 1. The zero-order valence-electron chi connectivity index (χ0n) is 18.1. The Morgan fingerprint density at radius 3 is 2.53 bits per heavy atom. The van der Waals surface area contributed by atoms with Crippen LogP contribution in [0.25, 0.3) is 0 Å². The molecule has 0 saturated carbocycles. The summed E-state index contributed by atoms with van der Waals surface area (Å²) >= 11 is 0. The minimum Gasteiger partial charge on any atom is -0.497 e. The number of amides is 1. The lowest BCUT2D eigenvalue weighted by molar-refractivity contribution is -0.132. The molecule has 2 aromatic carbocycles. The first-order valence-corrected chi connectivity index (χ1v) is 11.6. The first kappa shape index (κ1) is 22.3. The third-order valence-corrected chi connectivity index (χ3v) is 7.45. The molecule has 1 aliphatic rings. The molecule has 7 heteroatoms. The van der Waals surface area contributed by atoms with E-state index in [1.54, 1.807) is 19.2 Å². The summed E-state index contributed by atoms with van der Waals surface area (Å²) in [6.45, 7) is 6.59. The number of rotatable bonds is 6. The molecule has 162 valence electrons. The number of nitrogens with one attached hydrogen (secondary N) is 1. The predicted molar refractivity (Wildman–Crippen MR) is 117 cm³/mol. The highest BCUT2D eigenvalue weighted by Gasteiger charge is 2.41. The minimum absolute atomic E-state index is 0.134. The Bertz CT molecular complexity index is 1010. The maximum absolute atomic E-state index is 13.2. The number of carbonyl (C=O) groups excluding carboxylic acids is 1. The SMILES string of the molecule is COc1cccc(CNC(=O)[C@]2(C)CCCN(S(=O)(=O)c3cc(C)cc(C)c3)C2)c1. The number of piperidine rings is 1. The molecule has 1 atom stereocenters. The van der Waals surface area contributed by atoms with Crippen LogP contribution < -0.4 is 10.1 Å². The van der Waals surface area contributed by atoms with Gasteiger partial charge in [-0.2, -0.15) is 4.31 Å². The van der Waals surface area contributed by atoms with Crippen LogP contribution in [0, 0.1) is 19.3 Å². The summed E-state index contributed by atoms with van der Waals surface area (Å²) in [7, 11) is -2.05. The molecule has 0 radical (unpaired) electrons. The molecule has 0 aliphatic carbocycles. The van der Waals surface area contributed by atoms with Crippen molar-refractivity contribution in [2.45, 2.75) is 45.1 Å². The van der Waals surface area contributed by atoms with E-state index in [0.717, 1.165) is 22.4 Å². The van der Waals surface area contributed by atoms with Crippen molar-refractivity contribution in [2.75, 3.05) is 20.2 Å². The molecule has 1 saturated heterocycles. The average molecular weight is 431 g/mol. The highest BCUT2D eigenvalue weighted by Crippen LogP contribution is 2.33. The molecule has 0 bridgehead atoms. The third-order valence-electron chi connectivity index (χ3n) is 5.63. The van der Waals surface area contributed by atoms with Gasteiger partial charge in [0.15, 0.2) is 0 Å². The Morgan fingerprint density at radius 2 is 1.87 bits per heavy atom. The molecule has 0 spiro atoms. The summed E-state index contributed by atoms with van der Waals surface area (Å²) < 4.78 is 33.1. The number of ether oxygens (including phenoxy) is 1. The Balaban J connectivity index is 1.73. The van der Waals surface area contributed by atoms with Crippen LogP contribution >= 0.6 is 0 Å². The third kappa shape index (κ3) is 4.84. The van der Waals surface area contributed by atoms with Crippen LogP contribution in [0.15, 0.2) is 47.4 Å². The first-order valence-electron chi connectivity index (χ1n) is 10.1. The van der Waals surface area contributed by atoms with Crippen molar-refractivity contribution in [3.63, 3.8) is 0 Å². The van der Waals surface area contributed by atoms with Gasteiger partial charge in [0.1, 0.15) is 5.75 Å². The molecule has 1 N–H and O–H groups in total. The predicted octanol–water partition coefficient (Wildman–Crippen LogP) is 3.42. The number of nitrogens with zero attached hydrogens (tertiary/aromatic N) is 1. The van der Waals surface area contributed by atoms with Crippen molar-refractivity contribution < 1.29 is 17.9 Å². The van der Waals surface area contributed by atoms with E-state index < -0.39 is 15.4 Å². The van der Waals surface area contributed by atoms with Gasteiger partial charge in [0.25, 0.3) is 0 Å². The largest absolute Gasteiger partial charge is 0.497 e. The summed E-state index contributed by atoms with van der Waals surface area (Å²) in [6.07, 6.45) is 1.29. The highest BCUT2D eigenvalue weighted by atomic mass is 32.2. The van der Waals surface area contributed by atoms with Gasteiger partial charge in [-0.05, 0) is 74.6 Å². The summed E-state index contributed by atoms with van der Waals surface area (Å²) in [6, 6.07) is 12.9. The van der Waals surface area contributed by atoms with Gasteiger partial charge < -0.3 is 10.1 Å². The van der Waals surface area contributed by atoms with Crippen LogP contribution in [-0.4, -0.2) is 38.8 Å². The second-order valence-corrected chi connectivity index (χ2v) is 10.3. The van der Waals surface area contributed by atoms with E-state index in [-0.39, 0.29) is 12.5 Å². The van der Waals surface area contributed by atoms with Gasteiger partial charge in [-0.25, -0.2) is 8.42 Å². The van der Waals surface area contributed by atoms with Crippen molar-refractivity contribution in [3.05, 3.63) is 59.2 Å². The molecule has 30 heavy (non-hydrogen) atoms. The number of hydrogen-bond donors (Lipinski definition) is 1. The van der Waals surface area contributed by atoms with Crippen LogP contribution in [0.3, 0.4) is 0 Å². The van der Waals surface area contributed by atoms with E-state index >= 15 is 0 Å². The van der Waals surface area contributed by atoms with E-state index in [2.05, 4.69) is 5.32 Å². The van der Waals surface area contributed by atoms with Crippen LogP contribution in [0.5, 0.6) is 5.75 Å². The van der Waals surface area contributed by atoms with Crippen LogP contribution in [0.2, 0.25) is 0 Å². The van der Waals surface area contributed by atoms with E-state index in [9.17, 15) is 13.2 Å². The Hall–Kier alpha value is -2.38. The van der Waals surface area contributed by atoms with Crippen molar-refractivity contribution >= 4 is 15.9 Å². The zero-order valence-corrected chi connectivity index (χ0v) is 18.9. The van der Waals surface area contributed by atoms with Crippen molar-refractivity contribution in [1.82, 2.24) is 9.62 Å². The lowest BCUT2D eigenvalue weighted by Gasteiger charge is -2.38. The lowest BCUT2D eigenvalue weighted by Crippen LogP contribution is -2.51. The summed E-state index contributed by atoms with van der Waals surface area (Å²) in [5, 5.41) is 2.97. The van der Waals surface area contributed by atoms with Crippen LogP contribution in [0.4, 0.5) is 0 Å². The van der Waals surface area contributed by atoms with E-state index in [4.69, 9.17) is 4.74 Å². The fourth-order valence-corrected chi connectivity index (χ4v) is 5.78. The molecule has 0 aromatic heterocycles. The molecule has 1 aliphatic heterocycles. The first-order chi connectivity index (χ1) is 14.1. The van der Waals surface area contributed by atoms with Crippen LogP contribution in [-0.2, 0) is 21.4 Å². The maximum atomic E-state index is 13.2. The molecular weight excluding hydrogens is 400 g/mol. The average Bonchev–Trinajstić information content (AvgIpc) is 2.71. The second kappa shape index (κ2) is 8.78. The number of benzene rings is 2. The fourth-order valence-electron chi connectivity index (χ4n) is 3.99. The lowest BCUT2D eigenvalue weighted by atomic mass is 9.82. The van der Waals surface area contributed by atoms with Gasteiger partial charge in [-0.3, -0.25) is 4.79 Å². The number of hydrogen-bond acceptors (Lipinski definition) is 4. The molecule has 1 amide bonds. The van der Waals surface area contributed by atoms with Gasteiger partial charge in [-0.15, -0.1) is 0 Å². The van der Waals surface area contributed by atoms with E-state index in [0.29, 0.717) is 30.8 Å². The summed E-state index contributed by atoms with van der Waals surface area (Å²) in [4.78, 5) is 13.3. The molecule has 3 rings (SSSR count).